The predicted octanol–water partition coefficient (Wildman–Crippen LogP) is 3.56. The molecular weight excluding hydrogens is 266 g/mol. The van der Waals surface area contributed by atoms with Crippen LogP contribution in [0, 0.1) is 13.8 Å². The SMILES string of the molecule is Cc1nn(C)c(CSc2cccc(N)c2C)c1Cl. The molecule has 0 aliphatic heterocycles. The number of nitrogens with two attached hydrogens (primary N) is 1. The topological polar surface area (TPSA) is 43.8 Å². The third-order valence-electron chi connectivity index (χ3n) is 2.95. The zero-order chi connectivity index (χ0) is 13.3. The molecule has 1 aromatic heterocycles. The van der Waals surface area contributed by atoms with E-state index in [1.165, 1.54) is 4.90 Å². The van der Waals surface area contributed by atoms with Crippen LogP contribution in [0.5, 0.6) is 0 Å². The summed E-state index contributed by atoms with van der Waals surface area (Å²) in [6.07, 6.45) is 0. The highest BCUT2D eigenvalue weighted by Gasteiger charge is 2.12. The number of hydrogen-bond donors (Lipinski definition) is 1. The maximum absolute atomic E-state index is 6.23. The predicted molar refractivity (Wildman–Crippen MR) is 78.1 cm³/mol. The lowest BCUT2D eigenvalue weighted by molar-refractivity contribution is 0.727. The zero-order valence-electron chi connectivity index (χ0n) is 10.7. The second-order valence-corrected chi connectivity index (χ2v) is 5.62. The molecule has 0 aliphatic carbocycles. The number of thioether (sulfide) groups is 1. The fourth-order valence-corrected chi connectivity index (χ4v) is 3.21. The van der Waals surface area contributed by atoms with E-state index in [4.69, 9.17) is 17.3 Å². The molecule has 0 radical (unpaired) electrons. The molecule has 2 rings (SSSR count). The van der Waals surface area contributed by atoms with Gasteiger partial charge in [0, 0.05) is 23.4 Å². The molecule has 0 fully saturated rings. The smallest absolute Gasteiger partial charge is 0.0855 e. The Labute approximate surface area is 116 Å². The third kappa shape index (κ3) is 2.49. The number of nitrogens with zero attached hydrogens (tertiary/aromatic N) is 2. The van der Waals surface area contributed by atoms with Crippen LogP contribution in [0.3, 0.4) is 0 Å². The van der Waals surface area contributed by atoms with E-state index in [1.54, 1.807) is 11.8 Å². The normalized spacial score (nSPS) is 10.9. The van der Waals surface area contributed by atoms with Crippen molar-refractivity contribution >= 4 is 29.1 Å². The van der Waals surface area contributed by atoms with E-state index < -0.39 is 0 Å². The molecule has 96 valence electrons. The zero-order valence-corrected chi connectivity index (χ0v) is 12.3. The second-order valence-electron chi connectivity index (χ2n) is 4.23. The van der Waals surface area contributed by atoms with Crippen molar-refractivity contribution in [3.8, 4) is 0 Å². The molecule has 2 N–H and O–H groups in total. The van der Waals surface area contributed by atoms with Crippen LogP contribution in [-0.4, -0.2) is 9.78 Å². The number of benzene rings is 1. The van der Waals surface area contributed by atoms with Crippen LogP contribution in [-0.2, 0) is 12.8 Å². The summed E-state index contributed by atoms with van der Waals surface area (Å²) in [5.74, 6) is 0.792. The highest BCUT2D eigenvalue weighted by atomic mass is 35.5. The largest absolute Gasteiger partial charge is 0.398 e. The molecule has 1 heterocycles. The van der Waals surface area contributed by atoms with Gasteiger partial charge in [-0.15, -0.1) is 11.8 Å². The molecule has 0 unspecified atom stereocenters. The van der Waals surface area contributed by atoms with Gasteiger partial charge in [-0.25, -0.2) is 0 Å². The second kappa shape index (κ2) is 5.24. The molecule has 0 saturated carbocycles. The number of aromatic nitrogens is 2. The van der Waals surface area contributed by atoms with Crippen LogP contribution in [0.25, 0.3) is 0 Å². The molecule has 0 aliphatic rings. The van der Waals surface area contributed by atoms with Crippen LogP contribution in [0.15, 0.2) is 23.1 Å². The minimum absolute atomic E-state index is 0.756. The third-order valence-corrected chi connectivity index (χ3v) is 4.61. The summed E-state index contributed by atoms with van der Waals surface area (Å²) in [5.41, 5.74) is 9.76. The van der Waals surface area contributed by atoms with Gasteiger partial charge in [0.1, 0.15) is 0 Å². The lowest BCUT2D eigenvalue weighted by atomic mass is 10.2. The van der Waals surface area contributed by atoms with Crippen LogP contribution in [0.2, 0.25) is 5.02 Å². The summed E-state index contributed by atoms with van der Waals surface area (Å²) >= 11 is 7.96. The van der Waals surface area contributed by atoms with E-state index in [2.05, 4.69) is 11.2 Å². The molecule has 0 amide bonds. The number of hydrogen-bond acceptors (Lipinski definition) is 3. The van der Waals surface area contributed by atoms with Crippen LogP contribution < -0.4 is 5.73 Å². The average molecular weight is 282 g/mol. The molecule has 0 spiro atoms. The van der Waals surface area contributed by atoms with Crippen molar-refractivity contribution in [2.45, 2.75) is 24.5 Å². The van der Waals surface area contributed by atoms with Crippen molar-refractivity contribution in [3.63, 3.8) is 0 Å². The van der Waals surface area contributed by atoms with Crippen LogP contribution in [0.4, 0.5) is 5.69 Å². The van der Waals surface area contributed by atoms with E-state index in [9.17, 15) is 0 Å². The van der Waals surface area contributed by atoms with Gasteiger partial charge in [0.05, 0.1) is 16.4 Å². The van der Waals surface area contributed by atoms with E-state index in [-0.39, 0.29) is 0 Å². The summed E-state index contributed by atoms with van der Waals surface area (Å²) in [6.45, 7) is 3.95. The Balaban J connectivity index is 2.19. The Morgan fingerprint density at radius 3 is 2.72 bits per heavy atom. The first-order chi connectivity index (χ1) is 8.50. The molecule has 18 heavy (non-hydrogen) atoms. The quantitative estimate of drug-likeness (QED) is 0.691. The minimum atomic E-state index is 0.756. The van der Waals surface area contributed by atoms with E-state index in [1.807, 2.05) is 37.7 Å². The highest BCUT2D eigenvalue weighted by molar-refractivity contribution is 7.98. The molecule has 0 saturated heterocycles. The highest BCUT2D eigenvalue weighted by Crippen LogP contribution is 2.31. The monoisotopic (exact) mass is 281 g/mol. The van der Waals surface area contributed by atoms with Gasteiger partial charge in [-0.05, 0) is 31.5 Å². The van der Waals surface area contributed by atoms with Gasteiger partial charge in [0.15, 0.2) is 0 Å². The van der Waals surface area contributed by atoms with E-state index in [0.29, 0.717) is 0 Å². The summed E-state index contributed by atoms with van der Waals surface area (Å²) < 4.78 is 1.84. The Bertz CT molecular complexity index is 578. The summed E-state index contributed by atoms with van der Waals surface area (Å²) in [6, 6.07) is 5.97. The first kappa shape index (κ1) is 13.3. The van der Waals surface area contributed by atoms with Gasteiger partial charge in [-0.3, -0.25) is 4.68 Å². The summed E-state index contributed by atoms with van der Waals surface area (Å²) in [5, 5.41) is 5.07. The van der Waals surface area contributed by atoms with Crippen molar-refractivity contribution < 1.29 is 0 Å². The maximum Gasteiger partial charge on any atom is 0.0855 e. The molecule has 0 bridgehead atoms. The van der Waals surface area contributed by atoms with Crippen molar-refractivity contribution in [2.75, 3.05) is 5.73 Å². The molecular formula is C13H16ClN3S. The number of aryl methyl sites for hydroxylation is 2. The molecule has 1 aromatic carbocycles. The van der Waals surface area contributed by atoms with Gasteiger partial charge >= 0.3 is 0 Å². The lowest BCUT2D eigenvalue weighted by Gasteiger charge is -2.08. The number of rotatable bonds is 3. The molecule has 0 atom stereocenters. The lowest BCUT2D eigenvalue weighted by Crippen LogP contribution is -1.97. The number of halogens is 1. The minimum Gasteiger partial charge on any atom is -0.398 e. The average Bonchev–Trinajstić information content (AvgIpc) is 2.56. The molecule has 3 nitrogen and oxygen atoms in total. The van der Waals surface area contributed by atoms with E-state index in [0.717, 1.165) is 33.4 Å². The first-order valence-electron chi connectivity index (χ1n) is 5.66. The van der Waals surface area contributed by atoms with Crippen LogP contribution >= 0.6 is 23.4 Å². The molecule has 2 aromatic rings. The Morgan fingerprint density at radius 2 is 2.11 bits per heavy atom. The van der Waals surface area contributed by atoms with Gasteiger partial charge < -0.3 is 5.73 Å². The number of nitrogen functional groups attached to an aromatic ring is 1. The maximum atomic E-state index is 6.23. The fourth-order valence-electron chi connectivity index (χ4n) is 1.77. The first-order valence-corrected chi connectivity index (χ1v) is 7.03. The Hall–Kier alpha value is -1.13. The Kier molecular flexibility index (Phi) is 3.88. The van der Waals surface area contributed by atoms with Gasteiger partial charge in [0.2, 0.25) is 0 Å². The van der Waals surface area contributed by atoms with Crippen molar-refractivity contribution in [3.05, 3.63) is 40.2 Å². The van der Waals surface area contributed by atoms with Crippen molar-refractivity contribution in [2.24, 2.45) is 7.05 Å². The summed E-state index contributed by atoms with van der Waals surface area (Å²) in [7, 11) is 1.92. The molecule has 5 heteroatoms. The number of anilines is 1. The van der Waals surface area contributed by atoms with Gasteiger partial charge in [-0.1, -0.05) is 17.7 Å². The van der Waals surface area contributed by atoms with E-state index >= 15 is 0 Å². The van der Waals surface area contributed by atoms with Crippen molar-refractivity contribution in [1.82, 2.24) is 9.78 Å². The van der Waals surface area contributed by atoms with Crippen molar-refractivity contribution in [1.29, 1.82) is 0 Å². The van der Waals surface area contributed by atoms with Gasteiger partial charge in [0.25, 0.3) is 0 Å². The standard InChI is InChI=1S/C13H16ClN3S/c1-8-10(15)5-4-6-12(8)18-7-11-13(14)9(2)16-17(11)3/h4-6H,7,15H2,1-3H3. The summed E-state index contributed by atoms with van der Waals surface area (Å²) in [4.78, 5) is 1.19. The van der Waals surface area contributed by atoms with Crippen LogP contribution in [0.1, 0.15) is 17.0 Å². The fraction of sp³-hybridized carbons (Fsp3) is 0.308. The van der Waals surface area contributed by atoms with Gasteiger partial charge in [-0.2, -0.15) is 5.10 Å². The Morgan fingerprint density at radius 1 is 1.39 bits per heavy atom.